The Kier molecular flexibility index (Phi) is 4.90. The number of aromatic nitrogens is 1. The Hall–Kier alpha value is -1.62. The summed E-state index contributed by atoms with van der Waals surface area (Å²) in [7, 11) is 0. The molecule has 0 aliphatic carbocycles. The molecule has 0 aliphatic heterocycles. The lowest BCUT2D eigenvalue weighted by Gasteiger charge is -2.12. The summed E-state index contributed by atoms with van der Waals surface area (Å²) in [6.07, 6.45) is 2.39. The van der Waals surface area contributed by atoms with Gasteiger partial charge in [0.05, 0.1) is 5.02 Å². The van der Waals surface area contributed by atoms with Gasteiger partial charge >= 0.3 is 5.97 Å². The summed E-state index contributed by atoms with van der Waals surface area (Å²) in [5.41, 5.74) is 0.150. The topological polar surface area (TPSA) is 79.3 Å². The van der Waals surface area contributed by atoms with E-state index in [1.54, 1.807) is 0 Å². The van der Waals surface area contributed by atoms with Gasteiger partial charge in [0.15, 0.2) is 0 Å². The molecule has 0 aliphatic rings. The standard InChI is InChI=1S/C11H13ClN2O3/c1-2-3-9(11(16)17)14-10(15)8-5-4-7(12)6-13-8/h4-6,9H,2-3H2,1H3,(H,14,15)(H,16,17)/t9-/m0/s1. The van der Waals surface area contributed by atoms with Gasteiger partial charge in [0.2, 0.25) is 0 Å². The number of amides is 1. The Morgan fingerprint density at radius 3 is 2.71 bits per heavy atom. The average molecular weight is 257 g/mol. The first-order chi connectivity index (χ1) is 8.04. The van der Waals surface area contributed by atoms with Crippen molar-refractivity contribution in [3.63, 3.8) is 0 Å². The zero-order valence-electron chi connectivity index (χ0n) is 9.31. The first kappa shape index (κ1) is 13.4. The largest absolute Gasteiger partial charge is 0.480 e. The monoisotopic (exact) mass is 256 g/mol. The highest BCUT2D eigenvalue weighted by atomic mass is 35.5. The Morgan fingerprint density at radius 1 is 1.53 bits per heavy atom. The highest BCUT2D eigenvalue weighted by Gasteiger charge is 2.19. The Bertz CT molecular complexity index is 406. The Labute approximate surface area is 104 Å². The molecule has 1 amide bonds. The van der Waals surface area contributed by atoms with E-state index < -0.39 is 17.9 Å². The number of carboxylic acids is 1. The number of hydrogen-bond acceptors (Lipinski definition) is 3. The summed E-state index contributed by atoms with van der Waals surface area (Å²) in [4.78, 5) is 26.3. The smallest absolute Gasteiger partial charge is 0.326 e. The summed E-state index contributed by atoms with van der Waals surface area (Å²) < 4.78 is 0. The molecule has 0 bridgehead atoms. The maximum atomic E-state index is 11.7. The summed E-state index contributed by atoms with van der Waals surface area (Å²) in [5, 5.41) is 11.7. The minimum absolute atomic E-state index is 0.150. The predicted molar refractivity (Wildman–Crippen MR) is 63.0 cm³/mol. The second-order valence-corrected chi connectivity index (χ2v) is 3.95. The maximum absolute atomic E-state index is 11.7. The predicted octanol–water partition coefficient (Wildman–Crippen LogP) is 1.72. The Morgan fingerprint density at radius 2 is 2.24 bits per heavy atom. The van der Waals surface area contributed by atoms with Crippen molar-refractivity contribution >= 4 is 23.5 Å². The van der Waals surface area contributed by atoms with Crippen molar-refractivity contribution in [2.75, 3.05) is 0 Å². The van der Waals surface area contributed by atoms with Crippen LogP contribution >= 0.6 is 11.6 Å². The summed E-state index contributed by atoms with van der Waals surface area (Å²) >= 11 is 5.63. The number of halogens is 1. The van der Waals surface area contributed by atoms with Gasteiger partial charge in [-0.15, -0.1) is 0 Å². The number of rotatable bonds is 5. The van der Waals surface area contributed by atoms with E-state index in [0.717, 1.165) is 0 Å². The average Bonchev–Trinajstić information content (AvgIpc) is 2.29. The SMILES string of the molecule is CCC[C@H](NC(=O)c1ccc(Cl)cn1)C(=O)O. The van der Waals surface area contributed by atoms with Crippen LogP contribution in [0, 0.1) is 0 Å². The summed E-state index contributed by atoms with van der Waals surface area (Å²) in [6, 6.07) is 2.09. The van der Waals surface area contributed by atoms with Crippen LogP contribution in [-0.4, -0.2) is 28.0 Å². The van der Waals surface area contributed by atoms with Gasteiger partial charge in [-0.1, -0.05) is 24.9 Å². The summed E-state index contributed by atoms with van der Waals surface area (Å²) in [6.45, 7) is 1.85. The molecule has 1 atom stereocenters. The number of hydrogen-bond donors (Lipinski definition) is 2. The van der Waals surface area contributed by atoms with E-state index in [2.05, 4.69) is 10.3 Å². The molecule has 0 aromatic carbocycles. The van der Waals surface area contributed by atoms with Crippen molar-refractivity contribution in [1.82, 2.24) is 10.3 Å². The molecule has 0 unspecified atom stereocenters. The minimum Gasteiger partial charge on any atom is -0.480 e. The molecular formula is C11H13ClN2O3. The number of nitrogens with zero attached hydrogens (tertiary/aromatic N) is 1. The zero-order chi connectivity index (χ0) is 12.8. The lowest BCUT2D eigenvalue weighted by Crippen LogP contribution is -2.40. The third kappa shape index (κ3) is 4.03. The number of carbonyl (C=O) groups excluding carboxylic acids is 1. The van der Waals surface area contributed by atoms with E-state index in [-0.39, 0.29) is 5.69 Å². The van der Waals surface area contributed by atoms with Crippen molar-refractivity contribution < 1.29 is 14.7 Å². The molecule has 0 saturated carbocycles. The van der Waals surface area contributed by atoms with Crippen LogP contribution < -0.4 is 5.32 Å². The van der Waals surface area contributed by atoms with Gasteiger partial charge < -0.3 is 10.4 Å². The van der Waals surface area contributed by atoms with E-state index in [4.69, 9.17) is 16.7 Å². The van der Waals surface area contributed by atoms with E-state index >= 15 is 0 Å². The molecule has 1 rings (SSSR count). The van der Waals surface area contributed by atoms with Crippen LogP contribution in [0.15, 0.2) is 18.3 Å². The fourth-order valence-corrected chi connectivity index (χ4v) is 1.40. The first-order valence-corrected chi connectivity index (χ1v) is 5.57. The van der Waals surface area contributed by atoms with Gasteiger partial charge in [-0.3, -0.25) is 4.79 Å². The van der Waals surface area contributed by atoms with E-state index in [0.29, 0.717) is 17.9 Å². The molecule has 0 radical (unpaired) electrons. The van der Waals surface area contributed by atoms with E-state index in [1.807, 2.05) is 6.92 Å². The van der Waals surface area contributed by atoms with Crippen molar-refractivity contribution in [2.24, 2.45) is 0 Å². The van der Waals surface area contributed by atoms with Crippen LogP contribution in [0.2, 0.25) is 5.02 Å². The molecule has 6 heteroatoms. The van der Waals surface area contributed by atoms with Crippen molar-refractivity contribution in [3.8, 4) is 0 Å². The second-order valence-electron chi connectivity index (χ2n) is 3.51. The van der Waals surface area contributed by atoms with Crippen LogP contribution in [0.4, 0.5) is 0 Å². The van der Waals surface area contributed by atoms with E-state index in [9.17, 15) is 9.59 Å². The van der Waals surface area contributed by atoms with Gasteiger partial charge in [0, 0.05) is 6.20 Å². The lowest BCUT2D eigenvalue weighted by molar-refractivity contribution is -0.139. The zero-order valence-corrected chi connectivity index (χ0v) is 10.1. The molecule has 0 spiro atoms. The third-order valence-electron chi connectivity index (χ3n) is 2.14. The number of carbonyl (C=O) groups is 2. The van der Waals surface area contributed by atoms with Gasteiger partial charge in [-0.25, -0.2) is 9.78 Å². The maximum Gasteiger partial charge on any atom is 0.326 e. The van der Waals surface area contributed by atoms with Crippen LogP contribution in [0.1, 0.15) is 30.3 Å². The Balaban J connectivity index is 2.70. The first-order valence-electron chi connectivity index (χ1n) is 5.19. The molecule has 17 heavy (non-hydrogen) atoms. The molecular weight excluding hydrogens is 244 g/mol. The molecule has 1 heterocycles. The van der Waals surface area contributed by atoms with Crippen LogP contribution in [0.5, 0.6) is 0 Å². The van der Waals surface area contributed by atoms with Crippen LogP contribution in [0.3, 0.4) is 0 Å². The number of carboxylic acid groups (broad SMARTS) is 1. The molecule has 1 aromatic heterocycles. The number of pyridine rings is 1. The number of aliphatic carboxylic acids is 1. The van der Waals surface area contributed by atoms with Crippen molar-refractivity contribution in [1.29, 1.82) is 0 Å². The molecule has 0 saturated heterocycles. The van der Waals surface area contributed by atoms with Crippen molar-refractivity contribution in [2.45, 2.75) is 25.8 Å². The summed E-state index contributed by atoms with van der Waals surface area (Å²) in [5.74, 6) is -1.56. The normalized spacial score (nSPS) is 11.9. The molecule has 5 nitrogen and oxygen atoms in total. The molecule has 0 fully saturated rings. The van der Waals surface area contributed by atoms with Gasteiger partial charge in [-0.2, -0.15) is 0 Å². The van der Waals surface area contributed by atoms with Crippen LogP contribution in [-0.2, 0) is 4.79 Å². The highest BCUT2D eigenvalue weighted by Crippen LogP contribution is 2.06. The highest BCUT2D eigenvalue weighted by molar-refractivity contribution is 6.30. The molecule has 1 aromatic rings. The fraction of sp³-hybridized carbons (Fsp3) is 0.364. The molecule has 92 valence electrons. The van der Waals surface area contributed by atoms with Gasteiger partial charge in [0.1, 0.15) is 11.7 Å². The molecule has 2 N–H and O–H groups in total. The van der Waals surface area contributed by atoms with Crippen molar-refractivity contribution in [3.05, 3.63) is 29.0 Å². The third-order valence-corrected chi connectivity index (χ3v) is 2.36. The van der Waals surface area contributed by atoms with E-state index in [1.165, 1.54) is 18.3 Å². The minimum atomic E-state index is -1.05. The second kappa shape index (κ2) is 6.20. The lowest BCUT2D eigenvalue weighted by atomic mass is 10.1. The van der Waals surface area contributed by atoms with Gasteiger partial charge in [-0.05, 0) is 18.6 Å². The fourth-order valence-electron chi connectivity index (χ4n) is 1.29. The van der Waals surface area contributed by atoms with Gasteiger partial charge in [0.25, 0.3) is 5.91 Å². The van der Waals surface area contributed by atoms with Crippen LogP contribution in [0.25, 0.3) is 0 Å². The number of nitrogens with one attached hydrogen (secondary N) is 1. The quantitative estimate of drug-likeness (QED) is 0.841.